The first-order valence-electron chi connectivity index (χ1n) is 5.02. The van der Waals surface area contributed by atoms with E-state index in [9.17, 15) is 5.11 Å². The fraction of sp³-hybridized carbons (Fsp3) is 0.0769. The lowest BCUT2D eigenvalue weighted by Crippen LogP contribution is -2.10. The molecule has 3 rings (SSSR count). The van der Waals surface area contributed by atoms with Crippen molar-refractivity contribution in [3.8, 4) is 28.4 Å². The Morgan fingerprint density at radius 1 is 0.938 bits per heavy atom. The van der Waals surface area contributed by atoms with Gasteiger partial charge in [-0.05, 0) is 29.8 Å². The fourth-order valence-electron chi connectivity index (χ4n) is 1.75. The van der Waals surface area contributed by atoms with E-state index in [1.54, 1.807) is 12.1 Å². The molecule has 0 fully saturated rings. The molecule has 3 nitrogen and oxygen atoms in total. The number of ether oxygens (including phenoxy) is 2. The van der Waals surface area contributed by atoms with Gasteiger partial charge in [-0.25, -0.2) is 0 Å². The van der Waals surface area contributed by atoms with Crippen LogP contribution in [-0.4, -0.2) is 11.9 Å². The van der Waals surface area contributed by atoms with Crippen molar-refractivity contribution < 1.29 is 14.6 Å². The van der Waals surface area contributed by atoms with E-state index in [0.717, 1.165) is 22.6 Å². The molecular weight excluding hydrogens is 204 g/mol. The van der Waals surface area contributed by atoms with Gasteiger partial charge in [0.2, 0.25) is 6.79 Å². The van der Waals surface area contributed by atoms with Crippen LogP contribution in [0.25, 0.3) is 11.1 Å². The quantitative estimate of drug-likeness (QED) is 0.793. The van der Waals surface area contributed by atoms with Gasteiger partial charge in [0, 0.05) is 11.6 Å². The van der Waals surface area contributed by atoms with Gasteiger partial charge < -0.3 is 14.6 Å². The Kier molecular flexibility index (Phi) is 1.96. The molecule has 0 radical (unpaired) electrons. The second-order valence-electron chi connectivity index (χ2n) is 3.61. The number of fused-ring (bicyclic) bond motifs is 2. The summed E-state index contributed by atoms with van der Waals surface area (Å²) in [5, 5.41) is 9.23. The molecule has 16 heavy (non-hydrogen) atoms. The van der Waals surface area contributed by atoms with E-state index in [0.29, 0.717) is 0 Å². The van der Waals surface area contributed by atoms with E-state index in [-0.39, 0.29) is 12.5 Å². The molecule has 2 aromatic carbocycles. The third kappa shape index (κ3) is 1.46. The average molecular weight is 214 g/mol. The number of phenolic OH excluding ortho intramolecular Hbond substituents is 1. The fourth-order valence-corrected chi connectivity index (χ4v) is 1.75. The van der Waals surface area contributed by atoms with Crippen LogP contribution in [0.5, 0.6) is 17.2 Å². The minimum absolute atomic E-state index is 0.257. The summed E-state index contributed by atoms with van der Waals surface area (Å²) in [6.07, 6.45) is 0. The minimum atomic E-state index is 0.257. The first-order valence-corrected chi connectivity index (χ1v) is 5.02. The van der Waals surface area contributed by atoms with Crippen LogP contribution in [0.3, 0.4) is 0 Å². The Hall–Kier alpha value is -2.16. The van der Waals surface area contributed by atoms with Crippen LogP contribution in [0.1, 0.15) is 0 Å². The molecule has 0 atom stereocenters. The van der Waals surface area contributed by atoms with E-state index in [4.69, 9.17) is 9.47 Å². The minimum Gasteiger partial charge on any atom is -0.508 e. The molecule has 80 valence electrons. The Morgan fingerprint density at radius 2 is 1.75 bits per heavy atom. The van der Waals surface area contributed by atoms with E-state index < -0.39 is 0 Å². The number of hydrogen-bond acceptors (Lipinski definition) is 3. The lowest BCUT2D eigenvalue weighted by Gasteiger charge is -2.18. The van der Waals surface area contributed by atoms with Crippen molar-refractivity contribution in [2.45, 2.75) is 0 Å². The summed E-state index contributed by atoms with van der Waals surface area (Å²) >= 11 is 0. The lowest BCUT2D eigenvalue weighted by atomic mass is 10.0. The zero-order chi connectivity index (χ0) is 11.0. The summed E-state index contributed by atoms with van der Waals surface area (Å²) in [4.78, 5) is 0. The monoisotopic (exact) mass is 214 g/mol. The highest BCUT2D eigenvalue weighted by molar-refractivity contribution is 5.72. The molecule has 0 aliphatic carbocycles. The van der Waals surface area contributed by atoms with Crippen molar-refractivity contribution in [3.05, 3.63) is 42.5 Å². The number of hydrogen-bond donors (Lipinski definition) is 1. The van der Waals surface area contributed by atoms with Gasteiger partial charge in [-0.2, -0.15) is 0 Å². The standard InChI is InChI=1S/C13H10O3/c14-10-3-1-9(2-4-10)12-6-5-11-7-13(12)16-8-15-11/h1-7,14H,8H2. The zero-order valence-electron chi connectivity index (χ0n) is 8.51. The maximum Gasteiger partial charge on any atom is 0.230 e. The predicted molar refractivity (Wildman–Crippen MR) is 59.7 cm³/mol. The van der Waals surface area contributed by atoms with Crippen molar-refractivity contribution in [1.29, 1.82) is 0 Å². The summed E-state index contributed by atoms with van der Waals surface area (Å²) in [5.41, 5.74) is 2.02. The number of benzene rings is 2. The largest absolute Gasteiger partial charge is 0.508 e. The molecule has 0 saturated heterocycles. The van der Waals surface area contributed by atoms with Gasteiger partial charge in [0.25, 0.3) is 0 Å². The van der Waals surface area contributed by atoms with Gasteiger partial charge in [0.05, 0.1) is 0 Å². The van der Waals surface area contributed by atoms with E-state index >= 15 is 0 Å². The van der Waals surface area contributed by atoms with Gasteiger partial charge in [-0.1, -0.05) is 12.1 Å². The van der Waals surface area contributed by atoms with Gasteiger partial charge in [-0.15, -0.1) is 0 Å². The van der Waals surface area contributed by atoms with Gasteiger partial charge in [0.1, 0.15) is 17.2 Å². The van der Waals surface area contributed by atoms with Crippen LogP contribution in [0, 0.1) is 0 Å². The second-order valence-corrected chi connectivity index (χ2v) is 3.61. The smallest absolute Gasteiger partial charge is 0.230 e. The summed E-state index contributed by atoms with van der Waals surface area (Å²) in [6, 6.07) is 12.8. The van der Waals surface area contributed by atoms with E-state index in [1.807, 2.05) is 30.3 Å². The first-order chi connectivity index (χ1) is 7.83. The maximum atomic E-state index is 9.23. The third-order valence-corrected chi connectivity index (χ3v) is 2.57. The molecule has 2 bridgehead atoms. The van der Waals surface area contributed by atoms with Crippen molar-refractivity contribution in [2.24, 2.45) is 0 Å². The Labute approximate surface area is 92.9 Å². The van der Waals surface area contributed by atoms with Crippen LogP contribution in [0.2, 0.25) is 0 Å². The highest BCUT2D eigenvalue weighted by Crippen LogP contribution is 2.36. The van der Waals surface area contributed by atoms with Crippen LogP contribution in [0.15, 0.2) is 42.5 Å². The highest BCUT2D eigenvalue weighted by Gasteiger charge is 2.12. The molecular formula is C13H10O3. The molecule has 1 heterocycles. The van der Waals surface area contributed by atoms with Crippen LogP contribution in [0.4, 0.5) is 0 Å². The Morgan fingerprint density at radius 3 is 2.56 bits per heavy atom. The second kappa shape index (κ2) is 3.45. The maximum absolute atomic E-state index is 9.23. The number of phenols is 1. The van der Waals surface area contributed by atoms with E-state index in [1.165, 1.54) is 0 Å². The van der Waals surface area contributed by atoms with Crippen molar-refractivity contribution in [3.63, 3.8) is 0 Å². The van der Waals surface area contributed by atoms with Crippen LogP contribution < -0.4 is 9.47 Å². The SMILES string of the molecule is Oc1ccc(-c2ccc3cc2OCO3)cc1. The molecule has 1 aliphatic rings. The lowest BCUT2D eigenvalue weighted by molar-refractivity contribution is 0.106. The average Bonchev–Trinajstić information content (AvgIpc) is 2.31. The molecule has 1 N–H and O–H groups in total. The summed E-state index contributed by atoms with van der Waals surface area (Å²) in [5.74, 6) is 1.90. The van der Waals surface area contributed by atoms with Gasteiger partial charge in [0.15, 0.2) is 0 Å². The van der Waals surface area contributed by atoms with Crippen molar-refractivity contribution in [2.75, 3.05) is 6.79 Å². The normalized spacial score (nSPS) is 12.8. The predicted octanol–water partition coefficient (Wildman–Crippen LogP) is 2.79. The van der Waals surface area contributed by atoms with Crippen molar-refractivity contribution in [1.82, 2.24) is 0 Å². The molecule has 3 heteroatoms. The summed E-state index contributed by atoms with van der Waals surface area (Å²) in [6.45, 7) is 0.257. The summed E-state index contributed by atoms with van der Waals surface area (Å²) < 4.78 is 10.6. The Bertz CT molecular complexity index is 517. The molecule has 0 unspecified atom stereocenters. The molecule has 0 aromatic heterocycles. The zero-order valence-corrected chi connectivity index (χ0v) is 8.51. The molecule has 0 saturated carbocycles. The van der Waals surface area contributed by atoms with Gasteiger partial charge >= 0.3 is 0 Å². The highest BCUT2D eigenvalue weighted by atomic mass is 16.7. The number of aromatic hydroxyl groups is 1. The van der Waals surface area contributed by atoms with Crippen LogP contribution in [-0.2, 0) is 0 Å². The topological polar surface area (TPSA) is 38.7 Å². The first kappa shape index (κ1) is 9.09. The Balaban J connectivity index is 2.10. The van der Waals surface area contributed by atoms with Gasteiger partial charge in [-0.3, -0.25) is 0 Å². The van der Waals surface area contributed by atoms with Crippen LogP contribution >= 0.6 is 0 Å². The third-order valence-electron chi connectivity index (χ3n) is 2.57. The number of rotatable bonds is 1. The summed E-state index contributed by atoms with van der Waals surface area (Å²) in [7, 11) is 0. The molecule has 0 spiro atoms. The van der Waals surface area contributed by atoms with E-state index in [2.05, 4.69) is 0 Å². The van der Waals surface area contributed by atoms with Crippen molar-refractivity contribution >= 4 is 0 Å². The molecule has 1 aliphatic heterocycles. The molecule has 0 amide bonds. The molecule has 2 aromatic rings.